The van der Waals surface area contributed by atoms with E-state index in [1.54, 1.807) is 0 Å². The summed E-state index contributed by atoms with van der Waals surface area (Å²) in [5.41, 5.74) is 2.78. The van der Waals surface area contributed by atoms with Crippen LogP contribution in [0.1, 0.15) is 32.3 Å². The smallest absolute Gasteiger partial charge is 0.0761 e. The highest BCUT2D eigenvalue weighted by Crippen LogP contribution is 2.51. The lowest BCUT2D eigenvalue weighted by Gasteiger charge is -2.20. The van der Waals surface area contributed by atoms with Crippen LogP contribution < -0.4 is 5.32 Å². The molecule has 1 aromatic heterocycles. The van der Waals surface area contributed by atoms with Crippen LogP contribution in [0.5, 0.6) is 0 Å². The van der Waals surface area contributed by atoms with Crippen molar-refractivity contribution >= 4 is 22.5 Å². The minimum atomic E-state index is 0.537. The van der Waals surface area contributed by atoms with Gasteiger partial charge in [0.15, 0.2) is 0 Å². The molecule has 1 aliphatic rings. The second-order valence-electron chi connectivity index (χ2n) is 6.23. The molecule has 3 rings (SSSR count). The molecule has 0 atom stereocenters. The molecule has 0 amide bonds. The van der Waals surface area contributed by atoms with Crippen molar-refractivity contribution in [1.29, 1.82) is 0 Å². The van der Waals surface area contributed by atoms with Crippen LogP contribution in [0.2, 0.25) is 5.02 Å². The largest absolute Gasteiger partial charge is 0.312 e. The standard InChI is InChI=1S/C17H21ClN2/c1-12(2)17(7-8-17)11-19-10-13-5-6-15(18)14-4-3-9-20-16(13)14/h3-6,9,12,19H,7-8,10-11H2,1-2H3. The molecule has 3 heteroatoms. The number of hydrogen-bond acceptors (Lipinski definition) is 2. The maximum Gasteiger partial charge on any atom is 0.0761 e. The summed E-state index contributed by atoms with van der Waals surface area (Å²) < 4.78 is 0. The number of pyridine rings is 1. The predicted molar refractivity (Wildman–Crippen MR) is 85.0 cm³/mol. The number of fused-ring (bicyclic) bond motifs is 1. The summed E-state index contributed by atoms with van der Waals surface area (Å²) in [6, 6.07) is 8.02. The third kappa shape index (κ3) is 2.55. The highest BCUT2D eigenvalue weighted by atomic mass is 35.5. The van der Waals surface area contributed by atoms with Crippen LogP contribution in [0, 0.1) is 11.3 Å². The minimum absolute atomic E-state index is 0.537. The molecular formula is C17H21ClN2. The summed E-state index contributed by atoms with van der Waals surface area (Å²) >= 11 is 6.23. The molecule has 0 bridgehead atoms. The van der Waals surface area contributed by atoms with Crippen molar-refractivity contribution in [3.05, 3.63) is 41.0 Å². The van der Waals surface area contributed by atoms with Crippen LogP contribution in [-0.2, 0) is 6.54 Å². The lowest BCUT2D eigenvalue weighted by molar-refractivity contribution is 0.338. The van der Waals surface area contributed by atoms with Gasteiger partial charge >= 0.3 is 0 Å². The van der Waals surface area contributed by atoms with Gasteiger partial charge in [0.1, 0.15) is 0 Å². The van der Waals surface area contributed by atoms with Gasteiger partial charge in [-0.15, -0.1) is 0 Å². The van der Waals surface area contributed by atoms with Crippen LogP contribution in [0.25, 0.3) is 10.9 Å². The lowest BCUT2D eigenvalue weighted by atomic mass is 9.92. The molecule has 0 saturated heterocycles. The number of rotatable bonds is 5. The second-order valence-corrected chi connectivity index (χ2v) is 6.63. The molecule has 2 nitrogen and oxygen atoms in total. The number of benzene rings is 1. The Balaban J connectivity index is 1.74. The molecule has 1 aromatic carbocycles. The number of nitrogens with zero attached hydrogens (tertiary/aromatic N) is 1. The lowest BCUT2D eigenvalue weighted by Crippen LogP contribution is -2.27. The molecular weight excluding hydrogens is 268 g/mol. The van der Waals surface area contributed by atoms with Gasteiger partial charge in [0.2, 0.25) is 0 Å². The van der Waals surface area contributed by atoms with Crippen molar-refractivity contribution in [2.45, 2.75) is 33.2 Å². The number of aromatic nitrogens is 1. The fourth-order valence-corrected chi connectivity index (χ4v) is 3.12. The second kappa shape index (κ2) is 5.34. The SMILES string of the molecule is CC(C)C1(CNCc2ccc(Cl)c3cccnc23)CC1. The zero-order valence-electron chi connectivity index (χ0n) is 12.1. The molecule has 0 radical (unpaired) electrons. The van der Waals surface area contributed by atoms with Crippen LogP contribution in [0.3, 0.4) is 0 Å². The van der Waals surface area contributed by atoms with Gasteiger partial charge in [0.25, 0.3) is 0 Å². The molecule has 1 aliphatic carbocycles. The summed E-state index contributed by atoms with van der Waals surface area (Å²) in [6.07, 6.45) is 4.55. The maximum absolute atomic E-state index is 6.23. The van der Waals surface area contributed by atoms with E-state index in [2.05, 4.69) is 30.2 Å². The van der Waals surface area contributed by atoms with Crippen molar-refractivity contribution < 1.29 is 0 Å². The van der Waals surface area contributed by atoms with Crippen LogP contribution in [-0.4, -0.2) is 11.5 Å². The zero-order valence-corrected chi connectivity index (χ0v) is 12.9. The van der Waals surface area contributed by atoms with Crippen LogP contribution in [0.4, 0.5) is 0 Å². The number of nitrogens with one attached hydrogen (secondary N) is 1. The molecule has 0 spiro atoms. The van der Waals surface area contributed by atoms with Crippen LogP contribution >= 0.6 is 11.6 Å². The molecule has 106 valence electrons. The molecule has 0 aliphatic heterocycles. The first-order valence-electron chi connectivity index (χ1n) is 7.35. The first kappa shape index (κ1) is 13.8. The molecule has 20 heavy (non-hydrogen) atoms. The average Bonchev–Trinajstić information content (AvgIpc) is 3.23. The van der Waals surface area contributed by atoms with E-state index in [1.807, 2.05) is 24.4 Å². The third-order valence-electron chi connectivity index (χ3n) is 4.71. The fraction of sp³-hybridized carbons (Fsp3) is 0.471. The molecule has 2 aromatic rings. The van der Waals surface area contributed by atoms with E-state index in [0.29, 0.717) is 5.41 Å². The van der Waals surface area contributed by atoms with E-state index < -0.39 is 0 Å². The van der Waals surface area contributed by atoms with Gasteiger partial charge in [0.05, 0.1) is 5.52 Å². The molecule has 1 N–H and O–H groups in total. The van der Waals surface area contributed by atoms with Crippen molar-refractivity contribution in [3.8, 4) is 0 Å². The topological polar surface area (TPSA) is 24.9 Å². The van der Waals surface area contributed by atoms with Crippen molar-refractivity contribution in [2.75, 3.05) is 6.54 Å². The molecule has 1 fully saturated rings. The summed E-state index contributed by atoms with van der Waals surface area (Å²) in [4.78, 5) is 4.48. The van der Waals surface area contributed by atoms with Gasteiger partial charge in [-0.1, -0.05) is 31.5 Å². The summed E-state index contributed by atoms with van der Waals surface area (Å²) in [5, 5.41) is 5.43. The highest BCUT2D eigenvalue weighted by molar-refractivity contribution is 6.35. The Morgan fingerprint density at radius 1 is 1.30 bits per heavy atom. The Kier molecular flexibility index (Phi) is 3.70. The quantitative estimate of drug-likeness (QED) is 0.881. The van der Waals surface area contributed by atoms with E-state index in [9.17, 15) is 0 Å². The first-order chi connectivity index (χ1) is 9.62. The van der Waals surface area contributed by atoms with E-state index in [-0.39, 0.29) is 0 Å². The Labute approximate surface area is 125 Å². The Morgan fingerprint density at radius 3 is 2.80 bits per heavy atom. The molecule has 0 unspecified atom stereocenters. The Bertz CT molecular complexity index is 617. The van der Waals surface area contributed by atoms with E-state index in [4.69, 9.17) is 11.6 Å². The van der Waals surface area contributed by atoms with Crippen LogP contribution in [0.15, 0.2) is 30.5 Å². The van der Waals surface area contributed by atoms with E-state index in [0.717, 1.165) is 34.9 Å². The maximum atomic E-state index is 6.23. The van der Waals surface area contributed by atoms with Gasteiger partial charge in [0, 0.05) is 29.7 Å². The summed E-state index contributed by atoms with van der Waals surface area (Å²) in [5.74, 6) is 0.759. The fourth-order valence-electron chi connectivity index (χ4n) is 2.90. The van der Waals surface area contributed by atoms with Gasteiger partial charge in [-0.3, -0.25) is 4.98 Å². The van der Waals surface area contributed by atoms with Crippen molar-refractivity contribution in [3.63, 3.8) is 0 Å². The predicted octanol–water partition coefficient (Wildman–Crippen LogP) is 4.41. The monoisotopic (exact) mass is 288 g/mol. The van der Waals surface area contributed by atoms with Gasteiger partial charge in [-0.2, -0.15) is 0 Å². The minimum Gasteiger partial charge on any atom is -0.312 e. The average molecular weight is 289 g/mol. The molecule has 1 heterocycles. The zero-order chi connectivity index (χ0) is 14.2. The summed E-state index contributed by atoms with van der Waals surface area (Å²) in [6.45, 7) is 6.61. The van der Waals surface area contributed by atoms with Gasteiger partial charge in [-0.05, 0) is 47.9 Å². The highest BCUT2D eigenvalue weighted by Gasteiger charge is 2.44. The van der Waals surface area contributed by atoms with Crippen molar-refractivity contribution in [2.24, 2.45) is 11.3 Å². The third-order valence-corrected chi connectivity index (χ3v) is 5.04. The number of hydrogen-bond donors (Lipinski definition) is 1. The van der Waals surface area contributed by atoms with Crippen molar-refractivity contribution in [1.82, 2.24) is 10.3 Å². The van der Waals surface area contributed by atoms with E-state index >= 15 is 0 Å². The Morgan fingerprint density at radius 2 is 2.10 bits per heavy atom. The Hall–Kier alpha value is -1.12. The van der Waals surface area contributed by atoms with Gasteiger partial charge in [-0.25, -0.2) is 0 Å². The molecule has 1 saturated carbocycles. The van der Waals surface area contributed by atoms with Gasteiger partial charge < -0.3 is 5.32 Å². The van der Waals surface area contributed by atoms with E-state index in [1.165, 1.54) is 18.4 Å². The first-order valence-corrected chi connectivity index (χ1v) is 7.73. The normalized spacial score (nSPS) is 16.8. The number of halogens is 1. The summed E-state index contributed by atoms with van der Waals surface area (Å²) in [7, 11) is 0.